The fourth-order valence-corrected chi connectivity index (χ4v) is 3.80. The zero-order valence-corrected chi connectivity index (χ0v) is 17.7. The number of aromatic nitrogens is 3. The van der Waals surface area contributed by atoms with E-state index in [-0.39, 0.29) is 23.4 Å². The third kappa shape index (κ3) is 4.08. The van der Waals surface area contributed by atoms with Crippen LogP contribution in [0.25, 0.3) is 11.0 Å². The Balaban J connectivity index is 1.76. The fourth-order valence-electron chi connectivity index (χ4n) is 3.80. The lowest BCUT2D eigenvalue weighted by Gasteiger charge is -2.29. The molecule has 5 nitrogen and oxygen atoms in total. The third-order valence-corrected chi connectivity index (χ3v) is 5.24. The largest absolute Gasteiger partial charge is 0.349 e. The highest BCUT2D eigenvalue weighted by molar-refractivity contribution is 5.98. The lowest BCUT2D eigenvalue weighted by molar-refractivity contribution is 0.0933. The topological polar surface area (TPSA) is 59.8 Å². The molecule has 2 aromatic heterocycles. The molecule has 28 heavy (non-hydrogen) atoms. The van der Waals surface area contributed by atoms with Crippen molar-refractivity contribution in [3.8, 4) is 0 Å². The SMILES string of the molecule is Cc1nc2c(cnn2C(C)C)cc1C(=O)NC(C)CC(C)(C)c1ccccc1. The molecule has 0 saturated heterocycles. The van der Waals surface area contributed by atoms with Gasteiger partial charge in [0, 0.05) is 17.5 Å². The van der Waals surface area contributed by atoms with Crippen LogP contribution >= 0.6 is 0 Å². The van der Waals surface area contributed by atoms with Crippen molar-refractivity contribution in [1.82, 2.24) is 20.1 Å². The molecule has 0 radical (unpaired) electrons. The number of hydrogen-bond donors (Lipinski definition) is 1. The van der Waals surface area contributed by atoms with E-state index in [4.69, 9.17) is 0 Å². The Morgan fingerprint density at radius 3 is 2.50 bits per heavy atom. The molecular formula is C23H30N4O. The molecule has 2 heterocycles. The van der Waals surface area contributed by atoms with Gasteiger partial charge in [-0.1, -0.05) is 44.2 Å². The van der Waals surface area contributed by atoms with Gasteiger partial charge in [0.25, 0.3) is 5.91 Å². The van der Waals surface area contributed by atoms with Crippen molar-refractivity contribution in [3.63, 3.8) is 0 Å². The Morgan fingerprint density at radius 1 is 1.18 bits per heavy atom. The highest BCUT2D eigenvalue weighted by atomic mass is 16.1. The highest BCUT2D eigenvalue weighted by Gasteiger charge is 2.25. The summed E-state index contributed by atoms with van der Waals surface area (Å²) >= 11 is 0. The van der Waals surface area contributed by atoms with E-state index in [0.29, 0.717) is 5.56 Å². The molecule has 1 atom stereocenters. The Bertz CT molecular complexity index is 973. The molecule has 0 bridgehead atoms. The van der Waals surface area contributed by atoms with E-state index in [0.717, 1.165) is 23.1 Å². The van der Waals surface area contributed by atoms with E-state index in [1.165, 1.54) is 5.56 Å². The van der Waals surface area contributed by atoms with Crippen LogP contribution < -0.4 is 5.32 Å². The summed E-state index contributed by atoms with van der Waals surface area (Å²) < 4.78 is 1.88. The maximum atomic E-state index is 12.9. The van der Waals surface area contributed by atoms with Crippen LogP contribution in [0.1, 0.15) is 68.7 Å². The van der Waals surface area contributed by atoms with Gasteiger partial charge in [-0.15, -0.1) is 0 Å². The van der Waals surface area contributed by atoms with E-state index in [2.05, 4.69) is 74.3 Å². The van der Waals surface area contributed by atoms with Crippen LogP contribution in [0.15, 0.2) is 42.6 Å². The third-order valence-electron chi connectivity index (χ3n) is 5.24. The first kappa shape index (κ1) is 20.1. The van der Waals surface area contributed by atoms with Crippen molar-refractivity contribution >= 4 is 16.9 Å². The van der Waals surface area contributed by atoms with Gasteiger partial charge in [-0.25, -0.2) is 9.67 Å². The maximum absolute atomic E-state index is 12.9. The smallest absolute Gasteiger partial charge is 0.253 e. The van der Waals surface area contributed by atoms with E-state index in [1.54, 1.807) is 6.20 Å². The number of benzene rings is 1. The second-order valence-corrected chi connectivity index (χ2v) is 8.55. The number of fused-ring (bicyclic) bond motifs is 1. The van der Waals surface area contributed by atoms with Crippen LogP contribution in [0.2, 0.25) is 0 Å². The van der Waals surface area contributed by atoms with Crippen molar-refractivity contribution in [1.29, 1.82) is 0 Å². The standard InChI is InChI=1S/C23H30N4O/c1-15(2)27-21-18(14-24-27)12-20(17(4)26-21)22(28)25-16(3)13-23(5,6)19-10-8-7-9-11-19/h7-12,14-16H,13H2,1-6H3,(H,25,28). The molecule has 0 spiro atoms. The van der Waals surface area contributed by atoms with Gasteiger partial charge in [0.05, 0.1) is 17.5 Å². The molecule has 1 amide bonds. The molecule has 5 heteroatoms. The quantitative estimate of drug-likeness (QED) is 0.670. The number of rotatable bonds is 6. The number of nitrogens with one attached hydrogen (secondary N) is 1. The number of nitrogens with zero attached hydrogens (tertiary/aromatic N) is 3. The van der Waals surface area contributed by atoms with Crippen molar-refractivity contribution in [2.45, 2.75) is 65.5 Å². The van der Waals surface area contributed by atoms with Gasteiger partial charge in [0.1, 0.15) is 0 Å². The zero-order valence-electron chi connectivity index (χ0n) is 17.7. The number of carbonyl (C=O) groups is 1. The Kier molecular flexibility index (Phi) is 5.54. The Morgan fingerprint density at radius 2 is 1.86 bits per heavy atom. The predicted molar refractivity (Wildman–Crippen MR) is 114 cm³/mol. The molecule has 0 aliphatic heterocycles. The molecule has 1 N–H and O–H groups in total. The minimum atomic E-state index is -0.0828. The average Bonchev–Trinajstić information content (AvgIpc) is 3.04. The molecule has 0 saturated carbocycles. The van der Waals surface area contributed by atoms with Crippen LogP contribution in [0.4, 0.5) is 0 Å². The normalized spacial score (nSPS) is 13.1. The minimum absolute atomic E-state index is 0.0242. The van der Waals surface area contributed by atoms with Gasteiger partial charge >= 0.3 is 0 Å². The second-order valence-electron chi connectivity index (χ2n) is 8.55. The van der Waals surface area contributed by atoms with Crippen LogP contribution in [0.3, 0.4) is 0 Å². The Labute approximate surface area is 167 Å². The summed E-state index contributed by atoms with van der Waals surface area (Å²) in [5.41, 5.74) is 3.41. The van der Waals surface area contributed by atoms with E-state index in [9.17, 15) is 4.79 Å². The number of aryl methyl sites for hydroxylation is 1. The van der Waals surface area contributed by atoms with Gasteiger partial charge in [-0.2, -0.15) is 5.10 Å². The van der Waals surface area contributed by atoms with Gasteiger partial charge in [0.15, 0.2) is 5.65 Å². The number of pyridine rings is 1. The average molecular weight is 379 g/mol. The van der Waals surface area contributed by atoms with Gasteiger partial charge in [0.2, 0.25) is 0 Å². The number of carbonyl (C=O) groups excluding carboxylic acids is 1. The fraction of sp³-hybridized carbons (Fsp3) is 0.435. The molecule has 0 fully saturated rings. The van der Waals surface area contributed by atoms with Crippen LogP contribution in [-0.4, -0.2) is 26.7 Å². The zero-order chi connectivity index (χ0) is 20.5. The highest BCUT2D eigenvalue weighted by Crippen LogP contribution is 2.28. The summed E-state index contributed by atoms with van der Waals surface area (Å²) in [5, 5.41) is 8.44. The number of amides is 1. The van der Waals surface area contributed by atoms with Gasteiger partial charge in [-0.05, 0) is 51.2 Å². The van der Waals surface area contributed by atoms with Crippen LogP contribution in [0.5, 0.6) is 0 Å². The van der Waals surface area contributed by atoms with Crippen molar-refractivity contribution in [2.24, 2.45) is 0 Å². The molecule has 3 aromatic rings. The lowest BCUT2D eigenvalue weighted by Crippen LogP contribution is -2.37. The molecule has 1 unspecified atom stereocenters. The summed E-state index contributed by atoms with van der Waals surface area (Å²) in [6.45, 7) is 12.5. The molecule has 148 valence electrons. The molecule has 3 rings (SSSR count). The molecule has 0 aliphatic rings. The first-order valence-electron chi connectivity index (χ1n) is 9.90. The Hall–Kier alpha value is -2.69. The summed E-state index contributed by atoms with van der Waals surface area (Å²) in [7, 11) is 0. The maximum Gasteiger partial charge on any atom is 0.253 e. The minimum Gasteiger partial charge on any atom is -0.349 e. The first-order valence-corrected chi connectivity index (χ1v) is 9.90. The first-order chi connectivity index (χ1) is 13.2. The van der Waals surface area contributed by atoms with Gasteiger partial charge < -0.3 is 5.32 Å². The van der Waals surface area contributed by atoms with Crippen molar-refractivity contribution in [3.05, 3.63) is 59.4 Å². The van der Waals surface area contributed by atoms with Crippen LogP contribution in [-0.2, 0) is 5.41 Å². The summed E-state index contributed by atoms with van der Waals surface area (Å²) in [5.74, 6) is -0.0828. The molecule has 1 aromatic carbocycles. The van der Waals surface area contributed by atoms with Crippen molar-refractivity contribution in [2.75, 3.05) is 0 Å². The molecule has 0 aliphatic carbocycles. The van der Waals surface area contributed by atoms with E-state index < -0.39 is 0 Å². The summed E-state index contributed by atoms with van der Waals surface area (Å²) in [6.07, 6.45) is 2.63. The lowest BCUT2D eigenvalue weighted by atomic mass is 9.79. The van der Waals surface area contributed by atoms with E-state index >= 15 is 0 Å². The number of hydrogen-bond acceptors (Lipinski definition) is 3. The summed E-state index contributed by atoms with van der Waals surface area (Å²) in [6, 6.07) is 12.6. The second kappa shape index (κ2) is 7.74. The van der Waals surface area contributed by atoms with Crippen molar-refractivity contribution < 1.29 is 4.79 Å². The summed E-state index contributed by atoms with van der Waals surface area (Å²) in [4.78, 5) is 17.6. The van der Waals surface area contributed by atoms with Gasteiger partial charge in [-0.3, -0.25) is 4.79 Å². The van der Waals surface area contributed by atoms with Crippen LogP contribution in [0, 0.1) is 6.92 Å². The van der Waals surface area contributed by atoms with E-state index in [1.807, 2.05) is 23.7 Å². The monoisotopic (exact) mass is 378 g/mol. The molecular weight excluding hydrogens is 348 g/mol. The predicted octanol–water partition coefficient (Wildman–Crippen LogP) is 4.81.